The van der Waals surface area contributed by atoms with Gasteiger partial charge in [-0.2, -0.15) is 0 Å². The predicted molar refractivity (Wildman–Crippen MR) is 82.2 cm³/mol. The highest BCUT2D eigenvalue weighted by molar-refractivity contribution is 7.12. The van der Waals surface area contributed by atoms with E-state index in [-0.39, 0.29) is 12.4 Å². The van der Waals surface area contributed by atoms with Crippen LogP contribution in [-0.2, 0) is 4.74 Å². The first kappa shape index (κ1) is 16.4. The number of hydrogen-bond donors (Lipinski definition) is 0. The molecule has 0 bridgehead atoms. The zero-order valence-electron chi connectivity index (χ0n) is 12.6. The van der Waals surface area contributed by atoms with Crippen molar-refractivity contribution in [2.45, 2.75) is 53.4 Å². The molecule has 0 saturated carbocycles. The van der Waals surface area contributed by atoms with Crippen molar-refractivity contribution in [1.29, 1.82) is 0 Å². The van der Waals surface area contributed by atoms with Gasteiger partial charge in [-0.15, -0.1) is 11.3 Å². The monoisotopic (exact) mass is 282 g/mol. The minimum absolute atomic E-state index is 0.118. The molecule has 1 aromatic rings. The van der Waals surface area contributed by atoms with Crippen molar-refractivity contribution in [3.63, 3.8) is 0 Å². The van der Waals surface area contributed by atoms with Gasteiger partial charge >= 0.3 is 0 Å². The molecule has 1 aromatic heterocycles. The number of thiophene rings is 1. The molecule has 0 aromatic carbocycles. The van der Waals surface area contributed by atoms with Gasteiger partial charge in [-0.05, 0) is 32.3 Å². The molecule has 1 rings (SSSR count). The second kappa shape index (κ2) is 8.49. The van der Waals surface area contributed by atoms with Gasteiger partial charge in [0.25, 0.3) is 0 Å². The molecule has 0 amide bonds. The number of Topliss-reactive ketones (excluding diaryl/α,β-unsaturated/α-hetero) is 1. The van der Waals surface area contributed by atoms with Crippen LogP contribution in [0.3, 0.4) is 0 Å². The molecule has 0 N–H and O–H groups in total. The van der Waals surface area contributed by atoms with Crippen LogP contribution >= 0.6 is 11.3 Å². The summed E-state index contributed by atoms with van der Waals surface area (Å²) in [7, 11) is 0. The summed E-state index contributed by atoms with van der Waals surface area (Å²) in [5, 5.41) is 0. The Labute approximate surface area is 121 Å². The summed E-state index contributed by atoms with van der Waals surface area (Å²) in [5.41, 5.74) is 0.837. The van der Waals surface area contributed by atoms with E-state index in [4.69, 9.17) is 4.74 Å². The number of rotatable bonds is 9. The Hall–Kier alpha value is -0.670. The summed E-state index contributed by atoms with van der Waals surface area (Å²) >= 11 is 1.68. The Morgan fingerprint density at radius 2 is 2.11 bits per heavy atom. The zero-order chi connectivity index (χ0) is 14.3. The zero-order valence-corrected chi connectivity index (χ0v) is 13.4. The molecule has 0 aliphatic rings. The Morgan fingerprint density at radius 1 is 1.37 bits per heavy atom. The van der Waals surface area contributed by atoms with Crippen molar-refractivity contribution in [2.24, 2.45) is 5.92 Å². The standard InChI is InChI=1S/C16H26O2S/c1-5-7-8-14(6-2)10-18-11-16(17)15-9-12(3)19-13(15)4/h9,14H,5-8,10-11H2,1-4H3. The summed E-state index contributed by atoms with van der Waals surface area (Å²) in [4.78, 5) is 14.3. The summed E-state index contributed by atoms with van der Waals surface area (Å²) in [6, 6.07) is 1.97. The molecular weight excluding hydrogens is 256 g/mol. The first-order chi connectivity index (χ1) is 9.08. The fourth-order valence-corrected chi connectivity index (χ4v) is 3.14. The van der Waals surface area contributed by atoms with Gasteiger partial charge in [0.15, 0.2) is 5.78 Å². The highest BCUT2D eigenvalue weighted by atomic mass is 32.1. The van der Waals surface area contributed by atoms with Gasteiger partial charge in [-0.25, -0.2) is 0 Å². The topological polar surface area (TPSA) is 26.3 Å². The normalized spacial score (nSPS) is 12.6. The van der Waals surface area contributed by atoms with Crippen LogP contribution in [-0.4, -0.2) is 19.0 Å². The number of carbonyl (C=O) groups excluding carboxylic acids is 1. The van der Waals surface area contributed by atoms with Crippen molar-refractivity contribution in [3.05, 3.63) is 21.4 Å². The smallest absolute Gasteiger partial charge is 0.189 e. The second-order valence-electron chi connectivity index (χ2n) is 5.18. The molecule has 1 heterocycles. The van der Waals surface area contributed by atoms with E-state index in [9.17, 15) is 4.79 Å². The first-order valence-electron chi connectivity index (χ1n) is 7.26. The minimum atomic E-state index is 0.118. The van der Waals surface area contributed by atoms with Crippen LogP contribution in [0.25, 0.3) is 0 Å². The summed E-state index contributed by atoms with van der Waals surface area (Å²) < 4.78 is 5.62. The molecule has 0 aliphatic carbocycles. The van der Waals surface area contributed by atoms with E-state index in [1.165, 1.54) is 24.1 Å². The summed E-state index contributed by atoms with van der Waals surface area (Å²) in [5.74, 6) is 0.713. The van der Waals surface area contributed by atoms with Crippen molar-refractivity contribution in [3.8, 4) is 0 Å². The van der Waals surface area contributed by atoms with Gasteiger partial charge in [0.2, 0.25) is 0 Å². The van der Waals surface area contributed by atoms with E-state index >= 15 is 0 Å². The maximum atomic E-state index is 12.0. The van der Waals surface area contributed by atoms with Crippen LogP contribution < -0.4 is 0 Å². The predicted octanol–water partition coefficient (Wildman–Crippen LogP) is 4.78. The van der Waals surface area contributed by atoms with Crippen molar-refractivity contribution >= 4 is 17.1 Å². The van der Waals surface area contributed by atoms with Gasteiger partial charge in [-0.3, -0.25) is 4.79 Å². The number of aryl methyl sites for hydroxylation is 2. The molecule has 1 atom stereocenters. The van der Waals surface area contributed by atoms with Gasteiger partial charge in [-0.1, -0.05) is 33.1 Å². The second-order valence-corrected chi connectivity index (χ2v) is 6.64. The van der Waals surface area contributed by atoms with E-state index < -0.39 is 0 Å². The molecule has 0 aliphatic heterocycles. The fourth-order valence-electron chi connectivity index (χ4n) is 2.20. The molecule has 0 radical (unpaired) electrons. The lowest BCUT2D eigenvalue weighted by molar-refractivity contribution is 0.0658. The maximum absolute atomic E-state index is 12.0. The molecule has 0 saturated heterocycles. The number of unbranched alkanes of at least 4 members (excludes halogenated alkanes) is 1. The minimum Gasteiger partial charge on any atom is -0.373 e. The number of carbonyl (C=O) groups is 1. The Balaban J connectivity index is 2.36. The molecule has 0 fully saturated rings. The van der Waals surface area contributed by atoms with E-state index in [0.717, 1.165) is 16.9 Å². The number of hydrogen-bond acceptors (Lipinski definition) is 3. The quantitative estimate of drug-likeness (QED) is 0.609. The molecule has 108 valence electrons. The van der Waals surface area contributed by atoms with Gasteiger partial charge < -0.3 is 4.74 Å². The maximum Gasteiger partial charge on any atom is 0.189 e. The highest BCUT2D eigenvalue weighted by Crippen LogP contribution is 2.21. The van der Waals surface area contributed by atoms with Gasteiger partial charge in [0.1, 0.15) is 6.61 Å². The van der Waals surface area contributed by atoms with Gasteiger partial charge in [0, 0.05) is 21.9 Å². The Morgan fingerprint density at radius 3 is 2.63 bits per heavy atom. The van der Waals surface area contributed by atoms with Crippen LogP contribution in [0, 0.1) is 19.8 Å². The van der Waals surface area contributed by atoms with Gasteiger partial charge in [0.05, 0.1) is 0 Å². The number of ether oxygens (including phenoxy) is 1. The Bertz CT molecular complexity index is 395. The average molecular weight is 282 g/mol. The molecule has 19 heavy (non-hydrogen) atoms. The third-order valence-corrected chi connectivity index (χ3v) is 4.44. The van der Waals surface area contributed by atoms with Crippen LogP contribution in [0.5, 0.6) is 0 Å². The van der Waals surface area contributed by atoms with E-state index in [0.29, 0.717) is 12.5 Å². The van der Waals surface area contributed by atoms with Crippen LogP contribution in [0.1, 0.15) is 59.6 Å². The lowest BCUT2D eigenvalue weighted by Crippen LogP contribution is -2.15. The van der Waals surface area contributed by atoms with Crippen LogP contribution in [0.15, 0.2) is 6.07 Å². The summed E-state index contributed by atoms with van der Waals surface area (Å²) in [6.45, 7) is 9.37. The SMILES string of the molecule is CCCCC(CC)COCC(=O)c1cc(C)sc1C. The molecule has 1 unspecified atom stereocenters. The van der Waals surface area contributed by atoms with E-state index in [1.807, 2.05) is 19.9 Å². The summed E-state index contributed by atoms with van der Waals surface area (Å²) in [6.07, 6.45) is 4.81. The van der Waals surface area contributed by atoms with E-state index in [2.05, 4.69) is 13.8 Å². The fraction of sp³-hybridized carbons (Fsp3) is 0.688. The first-order valence-corrected chi connectivity index (χ1v) is 8.08. The Kier molecular flexibility index (Phi) is 7.32. The third kappa shape index (κ3) is 5.45. The van der Waals surface area contributed by atoms with Crippen molar-refractivity contribution in [1.82, 2.24) is 0 Å². The molecular formula is C16H26O2S. The lowest BCUT2D eigenvalue weighted by Gasteiger charge is -2.14. The average Bonchev–Trinajstić information content (AvgIpc) is 2.72. The highest BCUT2D eigenvalue weighted by Gasteiger charge is 2.13. The van der Waals surface area contributed by atoms with Crippen LogP contribution in [0.2, 0.25) is 0 Å². The molecule has 0 spiro atoms. The van der Waals surface area contributed by atoms with Crippen LogP contribution in [0.4, 0.5) is 0 Å². The third-order valence-electron chi connectivity index (χ3n) is 3.47. The van der Waals surface area contributed by atoms with Crippen molar-refractivity contribution in [2.75, 3.05) is 13.2 Å². The lowest BCUT2D eigenvalue weighted by atomic mass is 10.0. The molecule has 2 nitrogen and oxygen atoms in total. The largest absolute Gasteiger partial charge is 0.373 e. The molecule has 3 heteroatoms. The van der Waals surface area contributed by atoms with E-state index in [1.54, 1.807) is 11.3 Å². The number of ketones is 1. The van der Waals surface area contributed by atoms with Crippen molar-refractivity contribution < 1.29 is 9.53 Å².